The van der Waals surface area contributed by atoms with Crippen molar-refractivity contribution in [2.75, 3.05) is 45.3 Å². The maximum Gasteiger partial charge on any atom is 0.305 e. The number of aliphatic imine (C=N–C) groups is 1. The lowest BCUT2D eigenvalue weighted by Crippen LogP contribution is -2.30. The molecule has 0 aliphatic carbocycles. The zero-order chi connectivity index (χ0) is 19.0. The van der Waals surface area contributed by atoms with Gasteiger partial charge in [0.1, 0.15) is 5.75 Å². The van der Waals surface area contributed by atoms with Gasteiger partial charge in [0, 0.05) is 51.4 Å². The van der Waals surface area contributed by atoms with Crippen molar-refractivity contribution in [3.05, 3.63) is 24.3 Å². The largest absolute Gasteiger partial charge is 0.493 e. The number of rotatable bonds is 12. The van der Waals surface area contributed by atoms with Gasteiger partial charge in [-0.2, -0.15) is 0 Å². The number of anilines is 1. The molecule has 7 nitrogen and oxygen atoms in total. The quantitative estimate of drug-likeness (QED) is 0.257. The first kappa shape index (κ1) is 21.8. The maximum absolute atomic E-state index is 11.3. The second-order valence-electron chi connectivity index (χ2n) is 5.52. The molecule has 0 bridgehead atoms. The van der Waals surface area contributed by atoms with Crippen molar-refractivity contribution < 1.29 is 19.0 Å². The summed E-state index contributed by atoms with van der Waals surface area (Å²) in [5.41, 5.74) is 0.888. The van der Waals surface area contributed by atoms with Crippen LogP contribution in [-0.2, 0) is 14.3 Å². The molecule has 0 heterocycles. The van der Waals surface area contributed by atoms with Crippen LogP contribution in [0, 0.1) is 0 Å². The van der Waals surface area contributed by atoms with Gasteiger partial charge in [-0.15, -0.1) is 0 Å². The molecule has 146 valence electrons. The van der Waals surface area contributed by atoms with Crippen molar-refractivity contribution in [1.82, 2.24) is 5.32 Å². The monoisotopic (exact) mass is 365 g/mol. The van der Waals surface area contributed by atoms with E-state index in [0.29, 0.717) is 45.2 Å². The standard InChI is InChI=1S/C19H31N3O4/c1-4-20-19(21-12-7-11-18(23)25-5-2)22-16-9-6-10-17(15-16)26-14-8-13-24-3/h6,9-10,15H,4-5,7-8,11-14H2,1-3H3,(H2,20,21,22). The van der Waals surface area contributed by atoms with E-state index in [-0.39, 0.29) is 5.97 Å². The minimum absolute atomic E-state index is 0.181. The molecule has 0 fully saturated rings. The Morgan fingerprint density at radius 2 is 2.04 bits per heavy atom. The van der Waals surface area contributed by atoms with Gasteiger partial charge in [-0.3, -0.25) is 9.79 Å². The first-order chi connectivity index (χ1) is 12.7. The van der Waals surface area contributed by atoms with Gasteiger partial charge in [-0.1, -0.05) is 6.07 Å². The van der Waals surface area contributed by atoms with Crippen molar-refractivity contribution in [2.45, 2.75) is 33.1 Å². The van der Waals surface area contributed by atoms with E-state index in [1.807, 2.05) is 31.2 Å². The van der Waals surface area contributed by atoms with Gasteiger partial charge >= 0.3 is 5.97 Å². The number of hydrogen-bond acceptors (Lipinski definition) is 5. The SMILES string of the molecule is CCNC(=NCCCC(=O)OCC)Nc1cccc(OCCCOC)c1. The summed E-state index contributed by atoms with van der Waals surface area (Å²) >= 11 is 0. The molecule has 1 rings (SSSR count). The van der Waals surface area contributed by atoms with Gasteiger partial charge in [0.2, 0.25) is 0 Å². The van der Waals surface area contributed by atoms with Crippen LogP contribution in [0.3, 0.4) is 0 Å². The molecule has 0 aromatic heterocycles. The number of hydrogen-bond donors (Lipinski definition) is 2. The Balaban J connectivity index is 2.52. The van der Waals surface area contributed by atoms with E-state index in [9.17, 15) is 4.79 Å². The number of benzene rings is 1. The molecule has 0 unspecified atom stereocenters. The van der Waals surface area contributed by atoms with E-state index in [2.05, 4.69) is 15.6 Å². The Kier molecular flexibility index (Phi) is 11.7. The lowest BCUT2D eigenvalue weighted by molar-refractivity contribution is -0.143. The highest BCUT2D eigenvalue weighted by Crippen LogP contribution is 2.17. The predicted octanol–water partition coefficient (Wildman–Crippen LogP) is 2.82. The number of ether oxygens (including phenoxy) is 3. The number of esters is 1. The number of carbonyl (C=O) groups excluding carboxylic acids is 1. The molecule has 0 aliphatic heterocycles. The average molecular weight is 365 g/mol. The van der Waals surface area contributed by atoms with Crippen LogP contribution in [0.1, 0.15) is 33.1 Å². The molecule has 0 spiro atoms. The summed E-state index contributed by atoms with van der Waals surface area (Å²) in [6.45, 7) is 6.80. The predicted molar refractivity (Wildman–Crippen MR) is 104 cm³/mol. The highest BCUT2D eigenvalue weighted by molar-refractivity contribution is 5.93. The minimum atomic E-state index is -0.181. The lowest BCUT2D eigenvalue weighted by atomic mass is 10.3. The fourth-order valence-corrected chi connectivity index (χ4v) is 2.15. The third kappa shape index (κ3) is 9.88. The molecule has 0 radical (unpaired) electrons. The van der Waals surface area contributed by atoms with Gasteiger partial charge in [-0.05, 0) is 32.4 Å². The number of methoxy groups -OCH3 is 1. The van der Waals surface area contributed by atoms with Crippen LogP contribution < -0.4 is 15.4 Å². The highest BCUT2D eigenvalue weighted by atomic mass is 16.5. The summed E-state index contributed by atoms with van der Waals surface area (Å²) < 4.78 is 15.6. The van der Waals surface area contributed by atoms with Crippen molar-refractivity contribution in [3.8, 4) is 5.75 Å². The molecule has 7 heteroatoms. The maximum atomic E-state index is 11.3. The number of nitrogens with one attached hydrogen (secondary N) is 2. The number of guanidine groups is 1. The normalized spacial score (nSPS) is 11.1. The van der Waals surface area contributed by atoms with Crippen LogP contribution in [0.25, 0.3) is 0 Å². The van der Waals surface area contributed by atoms with Gasteiger partial charge in [-0.25, -0.2) is 0 Å². The molecule has 0 aliphatic rings. The smallest absolute Gasteiger partial charge is 0.305 e. The lowest BCUT2D eigenvalue weighted by Gasteiger charge is -2.13. The van der Waals surface area contributed by atoms with Crippen LogP contribution in [0.15, 0.2) is 29.3 Å². The van der Waals surface area contributed by atoms with E-state index in [0.717, 1.165) is 24.4 Å². The highest BCUT2D eigenvalue weighted by Gasteiger charge is 2.03. The Morgan fingerprint density at radius 3 is 2.77 bits per heavy atom. The number of nitrogens with zero attached hydrogens (tertiary/aromatic N) is 1. The Hall–Kier alpha value is -2.28. The van der Waals surface area contributed by atoms with E-state index in [1.165, 1.54) is 0 Å². The minimum Gasteiger partial charge on any atom is -0.493 e. The second-order valence-corrected chi connectivity index (χ2v) is 5.52. The van der Waals surface area contributed by atoms with Gasteiger partial charge < -0.3 is 24.8 Å². The fraction of sp³-hybridized carbons (Fsp3) is 0.579. The van der Waals surface area contributed by atoms with Gasteiger partial charge in [0.15, 0.2) is 5.96 Å². The Labute approximate surface area is 156 Å². The molecule has 2 N–H and O–H groups in total. The third-order valence-corrected chi connectivity index (χ3v) is 3.32. The van der Waals surface area contributed by atoms with Crippen molar-refractivity contribution in [3.63, 3.8) is 0 Å². The third-order valence-electron chi connectivity index (χ3n) is 3.32. The molecule has 1 aromatic rings. The molecule has 0 amide bonds. The summed E-state index contributed by atoms with van der Waals surface area (Å²) in [6.07, 6.45) is 1.87. The van der Waals surface area contributed by atoms with Crippen LogP contribution in [-0.4, -0.2) is 51.9 Å². The number of carbonyl (C=O) groups is 1. The molecular formula is C19H31N3O4. The van der Waals surface area contributed by atoms with Crippen molar-refractivity contribution in [1.29, 1.82) is 0 Å². The molecule has 1 aromatic carbocycles. The Morgan fingerprint density at radius 1 is 1.19 bits per heavy atom. The summed E-state index contributed by atoms with van der Waals surface area (Å²) in [5.74, 6) is 1.29. The topological polar surface area (TPSA) is 81.2 Å². The molecule has 26 heavy (non-hydrogen) atoms. The average Bonchev–Trinajstić information content (AvgIpc) is 2.63. The summed E-state index contributed by atoms with van der Waals surface area (Å²) in [7, 11) is 1.68. The van der Waals surface area contributed by atoms with Crippen molar-refractivity contribution in [2.24, 2.45) is 4.99 Å². The van der Waals surface area contributed by atoms with E-state index >= 15 is 0 Å². The van der Waals surface area contributed by atoms with Gasteiger partial charge in [0.25, 0.3) is 0 Å². The summed E-state index contributed by atoms with van der Waals surface area (Å²) in [5, 5.41) is 6.44. The van der Waals surface area contributed by atoms with Crippen LogP contribution in [0.4, 0.5) is 5.69 Å². The van der Waals surface area contributed by atoms with E-state index in [1.54, 1.807) is 14.0 Å². The van der Waals surface area contributed by atoms with Gasteiger partial charge in [0.05, 0.1) is 13.2 Å². The van der Waals surface area contributed by atoms with Crippen molar-refractivity contribution >= 4 is 17.6 Å². The second kappa shape index (κ2) is 13.9. The molecule has 0 atom stereocenters. The van der Waals surface area contributed by atoms with Crippen LogP contribution >= 0.6 is 0 Å². The van der Waals surface area contributed by atoms with E-state index < -0.39 is 0 Å². The molecule has 0 saturated heterocycles. The first-order valence-corrected chi connectivity index (χ1v) is 9.12. The van der Waals surface area contributed by atoms with Crippen LogP contribution in [0.5, 0.6) is 5.75 Å². The Bertz CT molecular complexity index is 549. The zero-order valence-electron chi connectivity index (χ0n) is 16.0. The van der Waals surface area contributed by atoms with E-state index in [4.69, 9.17) is 14.2 Å². The summed E-state index contributed by atoms with van der Waals surface area (Å²) in [6, 6.07) is 7.73. The molecule has 0 saturated carbocycles. The fourth-order valence-electron chi connectivity index (χ4n) is 2.15. The first-order valence-electron chi connectivity index (χ1n) is 9.12. The molecular weight excluding hydrogens is 334 g/mol. The van der Waals surface area contributed by atoms with Crippen LogP contribution in [0.2, 0.25) is 0 Å². The zero-order valence-corrected chi connectivity index (χ0v) is 16.0. The summed E-state index contributed by atoms with van der Waals surface area (Å²) in [4.78, 5) is 15.8.